The second-order valence-electron chi connectivity index (χ2n) is 9.75. The van der Waals surface area contributed by atoms with E-state index in [9.17, 15) is 14.7 Å². The lowest BCUT2D eigenvalue weighted by atomic mass is 9.93. The van der Waals surface area contributed by atoms with Crippen LogP contribution in [0.1, 0.15) is 48.9 Å². The molecule has 4 rings (SSSR count). The molecule has 2 aromatic carbocycles. The average Bonchev–Trinajstić information content (AvgIpc) is 3.17. The molecule has 2 aromatic rings. The first-order valence-electron chi connectivity index (χ1n) is 12.9. The van der Waals surface area contributed by atoms with Gasteiger partial charge in [-0.3, -0.25) is 14.5 Å². The maximum atomic E-state index is 13.3. The van der Waals surface area contributed by atoms with Crippen molar-refractivity contribution in [1.29, 1.82) is 0 Å². The summed E-state index contributed by atoms with van der Waals surface area (Å²) in [5.74, 6) is -0.431. The Hall–Kier alpha value is -3.42. The molecule has 0 aromatic heterocycles. The molecule has 0 unspecified atom stereocenters. The highest BCUT2D eigenvalue weighted by Gasteiger charge is 2.45. The maximum absolute atomic E-state index is 13.3. The summed E-state index contributed by atoms with van der Waals surface area (Å²) in [5, 5.41) is 11.3. The SMILES string of the molecule is C=CCOc1ccc(/C(O)=C2\C(=O)C(=O)N(CCCN3CCOCC3)[C@H]2c2ccc(C(C)C)cc2)cc1. The molecular formula is C30H36N2O5. The third-order valence-corrected chi connectivity index (χ3v) is 6.93. The highest BCUT2D eigenvalue weighted by molar-refractivity contribution is 6.46. The van der Waals surface area contributed by atoms with E-state index in [0.717, 1.165) is 31.6 Å². The molecule has 2 aliphatic rings. The van der Waals surface area contributed by atoms with Gasteiger partial charge in [0.05, 0.1) is 24.8 Å². The number of hydrogen-bond acceptors (Lipinski definition) is 6. The van der Waals surface area contributed by atoms with Crippen LogP contribution in [0.25, 0.3) is 5.76 Å². The Morgan fingerprint density at radius 1 is 1.08 bits per heavy atom. The molecule has 1 atom stereocenters. The topological polar surface area (TPSA) is 79.3 Å². The van der Waals surface area contributed by atoms with Gasteiger partial charge in [0, 0.05) is 31.7 Å². The van der Waals surface area contributed by atoms with Crippen molar-refractivity contribution in [2.45, 2.75) is 32.2 Å². The first-order valence-corrected chi connectivity index (χ1v) is 12.9. The second-order valence-corrected chi connectivity index (χ2v) is 9.75. The minimum Gasteiger partial charge on any atom is -0.507 e. The van der Waals surface area contributed by atoms with Crippen molar-refractivity contribution in [2.75, 3.05) is 46.0 Å². The molecule has 1 N–H and O–H groups in total. The van der Waals surface area contributed by atoms with Crippen LogP contribution in [0.2, 0.25) is 0 Å². The summed E-state index contributed by atoms with van der Waals surface area (Å²) in [7, 11) is 0. The zero-order valence-corrected chi connectivity index (χ0v) is 21.7. The Balaban J connectivity index is 1.65. The number of Topliss-reactive ketones (excluding diaryl/α,β-unsaturated/α-hetero) is 1. The van der Waals surface area contributed by atoms with Gasteiger partial charge in [-0.05, 0) is 47.7 Å². The number of aliphatic hydroxyl groups is 1. The molecular weight excluding hydrogens is 468 g/mol. The van der Waals surface area contributed by atoms with Crippen LogP contribution < -0.4 is 4.74 Å². The number of morpholine rings is 1. The third kappa shape index (κ3) is 6.12. The standard InChI is InChI=1S/C30H36N2O5/c1-4-18-37-25-12-10-24(11-13-25)28(33)26-27(23-8-6-22(7-9-23)21(2)3)32(30(35)29(26)34)15-5-14-31-16-19-36-20-17-31/h4,6-13,21,27,33H,1,5,14-20H2,2-3H3/b28-26+/t27-/m0/s1. The van der Waals surface area contributed by atoms with Gasteiger partial charge in [-0.1, -0.05) is 50.8 Å². The predicted octanol–water partition coefficient (Wildman–Crippen LogP) is 4.52. The van der Waals surface area contributed by atoms with Gasteiger partial charge in [-0.2, -0.15) is 0 Å². The lowest BCUT2D eigenvalue weighted by Gasteiger charge is -2.29. The van der Waals surface area contributed by atoms with Crippen molar-refractivity contribution in [3.63, 3.8) is 0 Å². The molecule has 0 spiro atoms. The molecule has 7 nitrogen and oxygen atoms in total. The van der Waals surface area contributed by atoms with Gasteiger partial charge in [0.15, 0.2) is 0 Å². The van der Waals surface area contributed by atoms with E-state index < -0.39 is 17.7 Å². The number of nitrogens with zero attached hydrogens (tertiary/aromatic N) is 2. The van der Waals surface area contributed by atoms with Gasteiger partial charge >= 0.3 is 0 Å². The number of ketones is 1. The number of aliphatic hydroxyl groups excluding tert-OH is 1. The molecule has 1 amide bonds. The Kier molecular flexibility index (Phi) is 8.79. The normalized spacial score (nSPS) is 20.0. The van der Waals surface area contributed by atoms with E-state index in [1.807, 2.05) is 24.3 Å². The van der Waals surface area contributed by atoms with Crippen LogP contribution in [0.4, 0.5) is 0 Å². The first-order chi connectivity index (χ1) is 17.9. The highest BCUT2D eigenvalue weighted by Crippen LogP contribution is 2.40. The van der Waals surface area contributed by atoms with E-state index >= 15 is 0 Å². The maximum Gasteiger partial charge on any atom is 0.295 e. The number of amides is 1. The Labute approximate surface area is 219 Å². The van der Waals surface area contributed by atoms with Crippen molar-refractivity contribution in [3.8, 4) is 5.75 Å². The van der Waals surface area contributed by atoms with Crippen LogP contribution in [0.3, 0.4) is 0 Å². The monoisotopic (exact) mass is 504 g/mol. The highest BCUT2D eigenvalue weighted by atomic mass is 16.5. The Morgan fingerprint density at radius 2 is 1.76 bits per heavy atom. The van der Waals surface area contributed by atoms with Crippen LogP contribution in [-0.4, -0.2) is 72.6 Å². The number of carbonyl (C=O) groups is 2. The van der Waals surface area contributed by atoms with Crippen molar-refractivity contribution in [1.82, 2.24) is 9.80 Å². The fraction of sp³-hybridized carbons (Fsp3) is 0.400. The molecule has 0 saturated carbocycles. The summed E-state index contributed by atoms with van der Waals surface area (Å²) < 4.78 is 11.0. The number of hydrogen-bond donors (Lipinski definition) is 1. The lowest BCUT2D eigenvalue weighted by molar-refractivity contribution is -0.140. The fourth-order valence-electron chi connectivity index (χ4n) is 4.83. The second kappa shape index (κ2) is 12.2. The van der Waals surface area contributed by atoms with Crippen LogP contribution in [0.15, 0.2) is 66.8 Å². The summed E-state index contributed by atoms with van der Waals surface area (Å²) in [6.45, 7) is 12.6. The summed E-state index contributed by atoms with van der Waals surface area (Å²) in [4.78, 5) is 30.4. The number of rotatable bonds is 10. The molecule has 0 aliphatic carbocycles. The van der Waals surface area contributed by atoms with E-state index in [1.54, 1.807) is 35.2 Å². The Bertz CT molecular complexity index is 1130. The van der Waals surface area contributed by atoms with E-state index in [2.05, 4.69) is 25.3 Å². The molecule has 196 valence electrons. The molecule has 7 heteroatoms. The van der Waals surface area contributed by atoms with Crippen molar-refractivity contribution < 1.29 is 24.2 Å². The van der Waals surface area contributed by atoms with Crippen LogP contribution in [0, 0.1) is 0 Å². The summed E-state index contributed by atoms with van der Waals surface area (Å²) in [6, 6.07) is 14.2. The molecule has 37 heavy (non-hydrogen) atoms. The van der Waals surface area contributed by atoms with Gasteiger partial charge in [-0.25, -0.2) is 0 Å². The first kappa shape index (κ1) is 26.6. The number of carbonyl (C=O) groups excluding carboxylic acids is 2. The summed E-state index contributed by atoms with van der Waals surface area (Å²) in [5.41, 5.74) is 2.56. The Morgan fingerprint density at radius 3 is 2.38 bits per heavy atom. The van der Waals surface area contributed by atoms with E-state index in [4.69, 9.17) is 9.47 Å². The fourth-order valence-corrected chi connectivity index (χ4v) is 4.83. The third-order valence-electron chi connectivity index (χ3n) is 6.93. The average molecular weight is 505 g/mol. The van der Waals surface area contributed by atoms with Crippen molar-refractivity contribution in [2.24, 2.45) is 0 Å². The van der Waals surface area contributed by atoms with Crippen LogP contribution in [-0.2, 0) is 14.3 Å². The number of likely N-dealkylation sites (tertiary alicyclic amines) is 1. The predicted molar refractivity (Wildman–Crippen MR) is 144 cm³/mol. The molecule has 2 fully saturated rings. The van der Waals surface area contributed by atoms with Crippen molar-refractivity contribution >= 4 is 17.4 Å². The van der Waals surface area contributed by atoms with Gasteiger partial charge in [0.25, 0.3) is 11.7 Å². The van der Waals surface area contributed by atoms with Crippen LogP contribution in [0.5, 0.6) is 5.75 Å². The lowest BCUT2D eigenvalue weighted by Crippen LogP contribution is -2.38. The van der Waals surface area contributed by atoms with Gasteiger partial charge < -0.3 is 19.5 Å². The largest absolute Gasteiger partial charge is 0.507 e. The van der Waals surface area contributed by atoms with E-state index in [-0.39, 0.29) is 11.3 Å². The molecule has 0 bridgehead atoms. The minimum atomic E-state index is -0.659. The summed E-state index contributed by atoms with van der Waals surface area (Å²) >= 11 is 0. The molecule has 2 saturated heterocycles. The van der Waals surface area contributed by atoms with Gasteiger partial charge in [-0.15, -0.1) is 0 Å². The zero-order valence-electron chi connectivity index (χ0n) is 21.7. The van der Waals surface area contributed by atoms with Crippen molar-refractivity contribution in [3.05, 3.63) is 83.4 Å². The van der Waals surface area contributed by atoms with Gasteiger partial charge in [0.1, 0.15) is 18.1 Å². The minimum absolute atomic E-state index is 0.119. The smallest absolute Gasteiger partial charge is 0.295 e. The molecule has 0 radical (unpaired) electrons. The summed E-state index contributed by atoms with van der Waals surface area (Å²) in [6.07, 6.45) is 2.38. The van der Waals surface area contributed by atoms with Crippen LogP contribution >= 0.6 is 0 Å². The van der Waals surface area contributed by atoms with Gasteiger partial charge in [0.2, 0.25) is 0 Å². The number of benzene rings is 2. The van der Waals surface area contributed by atoms with E-state index in [0.29, 0.717) is 43.6 Å². The zero-order chi connectivity index (χ0) is 26.4. The molecule has 2 heterocycles. The number of ether oxygens (including phenoxy) is 2. The molecule has 2 aliphatic heterocycles. The van der Waals surface area contributed by atoms with E-state index in [1.165, 1.54) is 5.56 Å². The quantitative estimate of drug-likeness (QED) is 0.222.